The minimum Gasteiger partial charge on any atom is -0.368 e. The van der Waals surface area contributed by atoms with Crippen molar-refractivity contribution in [3.05, 3.63) is 35.9 Å². The SMILES string of the molecule is CC(SCc1nc(N)nc(N(C)C)n1)C(=O)Nc1ccc(F)cc1. The molecule has 24 heavy (non-hydrogen) atoms. The summed E-state index contributed by atoms with van der Waals surface area (Å²) >= 11 is 1.38. The van der Waals surface area contributed by atoms with E-state index in [9.17, 15) is 9.18 Å². The van der Waals surface area contributed by atoms with Crippen molar-refractivity contribution in [3.8, 4) is 0 Å². The zero-order valence-corrected chi connectivity index (χ0v) is 14.5. The van der Waals surface area contributed by atoms with Crippen LogP contribution < -0.4 is 16.0 Å². The molecule has 0 aliphatic rings. The van der Waals surface area contributed by atoms with Crippen LogP contribution in [0.15, 0.2) is 24.3 Å². The van der Waals surface area contributed by atoms with Gasteiger partial charge in [0, 0.05) is 19.8 Å². The van der Waals surface area contributed by atoms with Gasteiger partial charge in [0.2, 0.25) is 17.8 Å². The van der Waals surface area contributed by atoms with Gasteiger partial charge < -0.3 is 16.0 Å². The summed E-state index contributed by atoms with van der Waals surface area (Å²) in [4.78, 5) is 26.3. The maximum atomic E-state index is 12.9. The fraction of sp³-hybridized carbons (Fsp3) is 0.333. The van der Waals surface area contributed by atoms with Crippen LogP contribution >= 0.6 is 11.8 Å². The number of hydrogen-bond donors (Lipinski definition) is 2. The molecule has 7 nitrogen and oxygen atoms in total. The van der Waals surface area contributed by atoms with E-state index in [1.165, 1.54) is 36.0 Å². The number of nitrogens with two attached hydrogens (primary N) is 1. The van der Waals surface area contributed by atoms with Gasteiger partial charge in [0.1, 0.15) is 11.6 Å². The van der Waals surface area contributed by atoms with E-state index in [-0.39, 0.29) is 22.9 Å². The first-order chi connectivity index (χ1) is 11.3. The third kappa shape index (κ3) is 5.05. The van der Waals surface area contributed by atoms with E-state index in [2.05, 4.69) is 20.3 Å². The number of benzene rings is 1. The monoisotopic (exact) mass is 350 g/mol. The highest BCUT2D eigenvalue weighted by molar-refractivity contribution is 7.99. The topological polar surface area (TPSA) is 97.0 Å². The molecule has 0 bridgehead atoms. The fourth-order valence-corrected chi connectivity index (χ4v) is 2.48. The Hall–Kier alpha value is -2.42. The molecule has 0 aliphatic carbocycles. The number of nitrogens with one attached hydrogen (secondary N) is 1. The molecule has 128 valence electrons. The summed E-state index contributed by atoms with van der Waals surface area (Å²) in [5.41, 5.74) is 6.22. The third-order valence-electron chi connectivity index (χ3n) is 3.03. The van der Waals surface area contributed by atoms with Crippen LogP contribution in [-0.2, 0) is 10.5 Å². The van der Waals surface area contributed by atoms with Gasteiger partial charge in [-0.2, -0.15) is 15.0 Å². The quantitative estimate of drug-likeness (QED) is 0.821. The summed E-state index contributed by atoms with van der Waals surface area (Å²) < 4.78 is 12.9. The van der Waals surface area contributed by atoms with E-state index < -0.39 is 0 Å². The predicted octanol–water partition coefficient (Wildman–Crippen LogP) is 1.92. The number of carbonyl (C=O) groups is 1. The second-order valence-corrected chi connectivity index (χ2v) is 6.58. The van der Waals surface area contributed by atoms with Gasteiger partial charge in [0.05, 0.1) is 11.0 Å². The number of aromatic nitrogens is 3. The zero-order valence-electron chi connectivity index (χ0n) is 13.7. The average Bonchev–Trinajstić information content (AvgIpc) is 2.54. The second-order valence-electron chi connectivity index (χ2n) is 5.25. The number of nitrogen functional groups attached to an aromatic ring is 1. The second kappa shape index (κ2) is 7.91. The van der Waals surface area contributed by atoms with Crippen LogP contribution in [0.5, 0.6) is 0 Å². The Labute approximate surface area is 143 Å². The molecule has 9 heteroatoms. The van der Waals surface area contributed by atoms with Crippen LogP contribution in [0, 0.1) is 5.82 Å². The van der Waals surface area contributed by atoms with Crippen molar-refractivity contribution >= 4 is 35.3 Å². The number of rotatable bonds is 6. The van der Waals surface area contributed by atoms with Crippen molar-refractivity contribution < 1.29 is 9.18 Å². The number of amides is 1. The first kappa shape index (κ1) is 17.9. The average molecular weight is 350 g/mol. The van der Waals surface area contributed by atoms with Crippen LogP contribution in [0.3, 0.4) is 0 Å². The molecule has 0 saturated heterocycles. The number of hydrogen-bond acceptors (Lipinski definition) is 7. The molecule has 2 rings (SSSR count). The van der Waals surface area contributed by atoms with Gasteiger partial charge in [0.15, 0.2) is 0 Å². The summed E-state index contributed by atoms with van der Waals surface area (Å²) in [5, 5.41) is 2.40. The van der Waals surface area contributed by atoms with Gasteiger partial charge in [-0.05, 0) is 31.2 Å². The first-order valence-electron chi connectivity index (χ1n) is 7.21. The van der Waals surface area contributed by atoms with Crippen molar-refractivity contribution in [2.45, 2.75) is 17.9 Å². The number of carbonyl (C=O) groups excluding carboxylic acids is 1. The number of halogens is 1. The minimum absolute atomic E-state index is 0.146. The van der Waals surface area contributed by atoms with Crippen molar-refractivity contribution in [2.75, 3.05) is 30.0 Å². The van der Waals surface area contributed by atoms with Crippen LogP contribution in [0.2, 0.25) is 0 Å². The molecule has 0 fully saturated rings. The maximum absolute atomic E-state index is 12.9. The highest BCUT2D eigenvalue weighted by Gasteiger charge is 2.15. The lowest BCUT2D eigenvalue weighted by Crippen LogP contribution is -2.23. The van der Waals surface area contributed by atoms with Crippen LogP contribution in [0.1, 0.15) is 12.7 Å². The van der Waals surface area contributed by atoms with E-state index in [0.717, 1.165) is 0 Å². The predicted molar refractivity (Wildman–Crippen MR) is 94.4 cm³/mol. The smallest absolute Gasteiger partial charge is 0.237 e. The molecule has 0 radical (unpaired) electrons. The molecule has 0 aliphatic heterocycles. The van der Waals surface area contributed by atoms with Crippen molar-refractivity contribution in [1.29, 1.82) is 0 Å². The standard InChI is InChI=1S/C15H19FN6OS/c1-9(13(23)18-11-6-4-10(16)5-7-11)24-8-12-19-14(17)21-15(20-12)22(2)3/h4-7,9H,8H2,1-3H3,(H,18,23)(H2,17,19,20,21). The summed E-state index contributed by atoms with van der Waals surface area (Å²) in [6.07, 6.45) is 0. The molecule has 3 N–H and O–H groups in total. The lowest BCUT2D eigenvalue weighted by Gasteiger charge is -2.13. The van der Waals surface area contributed by atoms with Crippen molar-refractivity contribution in [2.24, 2.45) is 0 Å². The fourth-order valence-electron chi connectivity index (χ4n) is 1.74. The Morgan fingerprint density at radius 2 is 1.96 bits per heavy atom. The summed E-state index contributed by atoms with van der Waals surface area (Å²) in [6, 6.07) is 5.62. The number of anilines is 3. The molecule has 2 aromatic rings. The van der Waals surface area contributed by atoms with Crippen molar-refractivity contribution in [3.63, 3.8) is 0 Å². The maximum Gasteiger partial charge on any atom is 0.237 e. The normalized spacial score (nSPS) is 11.8. The largest absolute Gasteiger partial charge is 0.368 e. The van der Waals surface area contributed by atoms with Gasteiger partial charge in [-0.1, -0.05) is 0 Å². The van der Waals surface area contributed by atoms with E-state index in [1.54, 1.807) is 11.8 Å². The molecule has 1 atom stereocenters. The molecule has 0 spiro atoms. The van der Waals surface area contributed by atoms with Crippen LogP contribution in [-0.4, -0.2) is 40.2 Å². The molecule has 1 heterocycles. The molecule has 1 aromatic heterocycles. The summed E-state index contributed by atoms with van der Waals surface area (Å²) in [7, 11) is 3.62. The lowest BCUT2D eigenvalue weighted by molar-refractivity contribution is -0.115. The van der Waals surface area contributed by atoms with Gasteiger partial charge in [0.25, 0.3) is 0 Å². The molecule has 1 unspecified atom stereocenters. The van der Waals surface area contributed by atoms with E-state index in [0.29, 0.717) is 23.2 Å². The van der Waals surface area contributed by atoms with Gasteiger partial charge in [-0.15, -0.1) is 11.8 Å². The Morgan fingerprint density at radius 1 is 1.29 bits per heavy atom. The first-order valence-corrected chi connectivity index (χ1v) is 8.26. The van der Waals surface area contributed by atoms with Crippen LogP contribution in [0.25, 0.3) is 0 Å². The third-order valence-corrected chi connectivity index (χ3v) is 4.17. The number of thioether (sulfide) groups is 1. The van der Waals surface area contributed by atoms with E-state index in [4.69, 9.17) is 5.73 Å². The lowest BCUT2D eigenvalue weighted by atomic mass is 10.3. The van der Waals surface area contributed by atoms with E-state index >= 15 is 0 Å². The Balaban J connectivity index is 1.93. The summed E-state index contributed by atoms with van der Waals surface area (Å²) in [5.74, 6) is 1.03. The molecular formula is C15H19FN6OS. The van der Waals surface area contributed by atoms with Gasteiger partial charge >= 0.3 is 0 Å². The molecule has 0 saturated carbocycles. The van der Waals surface area contributed by atoms with Crippen molar-refractivity contribution in [1.82, 2.24) is 15.0 Å². The highest BCUT2D eigenvalue weighted by atomic mass is 32.2. The number of nitrogens with zero attached hydrogens (tertiary/aromatic N) is 4. The summed E-state index contributed by atoms with van der Waals surface area (Å²) in [6.45, 7) is 1.78. The highest BCUT2D eigenvalue weighted by Crippen LogP contribution is 2.19. The molecule has 1 aromatic carbocycles. The Kier molecular flexibility index (Phi) is 5.91. The van der Waals surface area contributed by atoms with Gasteiger partial charge in [-0.3, -0.25) is 4.79 Å². The van der Waals surface area contributed by atoms with Crippen LogP contribution in [0.4, 0.5) is 22.0 Å². The molecule has 1 amide bonds. The Morgan fingerprint density at radius 3 is 2.58 bits per heavy atom. The molecular weight excluding hydrogens is 331 g/mol. The Bertz CT molecular complexity index is 710. The zero-order chi connectivity index (χ0) is 17.7. The van der Waals surface area contributed by atoms with Gasteiger partial charge in [-0.25, -0.2) is 4.39 Å². The van der Waals surface area contributed by atoms with E-state index in [1.807, 2.05) is 14.1 Å². The minimum atomic E-state index is -0.348.